The van der Waals surface area contributed by atoms with Gasteiger partial charge in [-0.15, -0.1) is 16.4 Å². The number of amides is 1. The molecule has 1 atom stereocenters. The standard InChI is InChI=1S/C22H20ClN7O3S/c1-11-19-15(20(24)29-28-11)6-14(34-19)7-25-17(31)8-30-10-26-21-18(22(30)32)27-16(9-33-21)12-2-4-13(23)5-3-12/h2-6,10,16,27H,7-9H2,1H3,(H2,24,29)(H,25,31)/t16-/m0/s1. The van der Waals surface area contributed by atoms with Crippen molar-refractivity contribution < 1.29 is 9.53 Å². The predicted octanol–water partition coefficient (Wildman–Crippen LogP) is 2.65. The van der Waals surface area contributed by atoms with Gasteiger partial charge in [-0.2, -0.15) is 5.10 Å². The van der Waals surface area contributed by atoms with E-state index in [0.717, 1.165) is 26.2 Å². The van der Waals surface area contributed by atoms with Gasteiger partial charge in [0.2, 0.25) is 11.8 Å². The fourth-order valence-electron chi connectivity index (χ4n) is 3.69. The molecule has 0 bridgehead atoms. The van der Waals surface area contributed by atoms with Crippen LogP contribution in [0, 0.1) is 6.92 Å². The predicted molar refractivity (Wildman–Crippen MR) is 130 cm³/mol. The van der Waals surface area contributed by atoms with E-state index in [4.69, 9.17) is 22.1 Å². The summed E-state index contributed by atoms with van der Waals surface area (Å²) >= 11 is 7.46. The Morgan fingerprint density at radius 1 is 1.35 bits per heavy atom. The van der Waals surface area contributed by atoms with Gasteiger partial charge < -0.3 is 21.1 Å². The summed E-state index contributed by atoms with van der Waals surface area (Å²) in [6, 6.07) is 8.94. The smallest absolute Gasteiger partial charge is 0.281 e. The molecule has 0 spiro atoms. The summed E-state index contributed by atoms with van der Waals surface area (Å²) in [5, 5.41) is 15.4. The Morgan fingerprint density at radius 3 is 2.91 bits per heavy atom. The summed E-state index contributed by atoms with van der Waals surface area (Å²) < 4.78 is 7.86. The minimum atomic E-state index is -0.388. The molecule has 1 aromatic carbocycles. The lowest BCUT2D eigenvalue weighted by Gasteiger charge is -2.26. The highest BCUT2D eigenvalue weighted by Crippen LogP contribution is 2.31. The monoisotopic (exact) mass is 497 g/mol. The average Bonchev–Trinajstić information content (AvgIpc) is 3.28. The highest BCUT2D eigenvalue weighted by molar-refractivity contribution is 7.19. The summed E-state index contributed by atoms with van der Waals surface area (Å²) in [6.45, 7) is 2.29. The number of nitrogens with zero attached hydrogens (tertiary/aromatic N) is 4. The first-order valence-electron chi connectivity index (χ1n) is 10.4. The normalized spacial score (nSPS) is 14.8. The molecule has 174 valence electrons. The van der Waals surface area contributed by atoms with Crippen molar-refractivity contribution in [3.05, 3.63) is 68.2 Å². The number of carbonyl (C=O) groups excluding carboxylic acids is 1. The van der Waals surface area contributed by atoms with E-state index >= 15 is 0 Å². The molecule has 0 unspecified atom stereocenters. The maximum Gasteiger partial charge on any atom is 0.281 e. The molecule has 0 aliphatic carbocycles. The van der Waals surface area contributed by atoms with Gasteiger partial charge in [0.1, 0.15) is 19.5 Å². The molecule has 4 aromatic rings. The molecule has 3 aromatic heterocycles. The lowest BCUT2D eigenvalue weighted by atomic mass is 10.1. The number of rotatable bonds is 5. The van der Waals surface area contributed by atoms with Gasteiger partial charge in [0.25, 0.3) is 5.56 Å². The number of halogens is 1. The number of nitrogens with two attached hydrogens (primary N) is 1. The van der Waals surface area contributed by atoms with Gasteiger partial charge in [-0.05, 0) is 30.7 Å². The molecule has 4 N–H and O–H groups in total. The van der Waals surface area contributed by atoms with Crippen LogP contribution < -0.4 is 26.7 Å². The Kier molecular flexibility index (Phi) is 5.80. The molecule has 1 aliphatic heterocycles. The van der Waals surface area contributed by atoms with Crippen LogP contribution in [0.2, 0.25) is 5.02 Å². The number of aryl methyl sites for hydroxylation is 1. The second-order valence-electron chi connectivity index (χ2n) is 7.82. The summed E-state index contributed by atoms with van der Waals surface area (Å²) in [4.78, 5) is 30.7. The van der Waals surface area contributed by atoms with Crippen LogP contribution in [0.5, 0.6) is 5.88 Å². The molecule has 0 saturated heterocycles. The van der Waals surface area contributed by atoms with Crippen molar-refractivity contribution in [3.8, 4) is 5.88 Å². The number of nitrogen functional groups attached to an aromatic ring is 1. The van der Waals surface area contributed by atoms with E-state index in [-0.39, 0.29) is 35.6 Å². The van der Waals surface area contributed by atoms with Gasteiger partial charge in [0, 0.05) is 15.3 Å². The van der Waals surface area contributed by atoms with Crippen molar-refractivity contribution in [2.75, 3.05) is 17.7 Å². The van der Waals surface area contributed by atoms with Crippen LogP contribution >= 0.6 is 22.9 Å². The maximum absolute atomic E-state index is 13.0. The number of nitrogens with one attached hydrogen (secondary N) is 2. The third kappa shape index (κ3) is 4.27. The van der Waals surface area contributed by atoms with Crippen LogP contribution in [0.25, 0.3) is 10.1 Å². The van der Waals surface area contributed by atoms with Crippen LogP contribution in [0.3, 0.4) is 0 Å². The highest BCUT2D eigenvalue weighted by atomic mass is 35.5. The van der Waals surface area contributed by atoms with E-state index in [1.165, 1.54) is 22.2 Å². The van der Waals surface area contributed by atoms with Gasteiger partial charge in [-0.3, -0.25) is 14.2 Å². The first-order valence-corrected chi connectivity index (χ1v) is 11.6. The van der Waals surface area contributed by atoms with E-state index in [9.17, 15) is 9.59 Å². The molecular formula is C22H20ClN7O3S. The van der Waals surface area contributed by atoms with Crippen molar-refractivity contribution in [1.29, 1.82) is 0 Å². The summed E-state index contributed by atoms with van der Waals surface area (Å²) in [7, 11) is 0. The molecular weight excluding hydrogens is 478 g/mol. The second-order valence-corrected chi connectivity index (χ2v) is 9.39. The fraction of sp³-hybridized carbons (Fsp3) is 0.227. The number of aromatic nitrogens is 4. The number of ether oxygens (including phenoxy) is 1. The van der Waals surface area contributed by atoms with Gasteiger partial charge in [0.05, 0.1) is 23.0 Å². The van der Waals surface area contributed by atoms with Crippen molar-refractivity contribution in [2.45, 2.75) is 26.1 Å². The van der Waals surface area contributed by atoms with Crippen LogP contribution in [-0.2, 0) is 17.9 Å². The summed E-state index contributed by atoms with van der Waals surface area (Å²) in [5.41, 5.74) is 7.44. The number of hydrogen-bond acceptors (Lipinski definition) is 9. The molecule has 34 heavy (non-hydrogen) atoms. The number of fused-ring (bicyclic) bond motifs is 2. The number of carbonyl (C=O) groups is 1. The van der Waals surface area contributed by atoms with Gasteiger partial charge in [0.15, 0.2) is 11.5 Å². The van der Waals surface area contributed by atoms with Crippen molar-refractivity contribution in [2.24, 2.45) is 0 Å². The molecule has 12 heteroatoms. The Morgan fingerprint density at radius 2 is 2.15 bits per heavy atom. The third-order valence-electron chi connectivity index (χ3n) is 5.45. The lowest BCUT2D eigenvalue weighted by Crippen LogP contribution is -2.36. The number of anilines is 2. The van der Waals surface area contributed by atoms with Crippen molar-refractivity contribution >= 4 is 50.4 Å². The zero-order valence-corrected chi connectivity index (χ0v) is 19.6. The zero-order valence-electron chi connectivity index (χ0n) is 18.0. The molecule has 4 heterocycles. The molecule has 10 nitrogen and oxygen atoms in total. The molecule has 5 rings (SSSR count). The van der Waals surface area contributed by atoms with E-state index in [1.54, 1.807) is 12.1 Å². The van der Waals surface area contributed by atoms with Crippen LogP contribution in [-0.4, -0.2) is 32.3 Å². The number of thiophene rings is 1. The minimum absolute atomic E-state index is 0.179. The SMILES string of the molecule is Cc1nnc(N)c2cc(CNC(=O)Cn3cnc4c(c3=O)N[C@H](c3ccc(Cl)cc3)CO4)sc12. The van der Waals surface area contributed by atoms with Crippen LogP contribution in [0.4, 0.5) is 11.5 Å². The topological polar surface area (TPSA) is 137 Å². The molecule has 0 fully saturated rings. The fourth-order valence-corrected chi connectivity index (χ4v) is 4.86. The first kappa shape index (κ1) is 22.1. The lowest BCUT2D eigenvalue weighted by molar-refractivity contribution is -0.121. The molecule has 0 saturated carbocycles. The molecule has 1 amide bonds. The summed E-state index contributed by atoms with van der Waals surface area (Å²) in [6.07, 6.45) is 1.31. The minimum Gasteiger partial charge on any atom is -0.473 e. The van der Waals surface area contributed by atoms with Gasteiger partial charge in [-0.25, -0.2) is 4.98 Å². The van der Waals surface area contributed by atoms with Crippen LogP contribution in [0.15, 0.2) is 41.5 Å². The zero-order chi connectivity index (χ0) is 23.8. The third-order valence-corrected chi connectivity index (χ3v) is 6.95. The first-order chi connectivity index (χ1) is 16.4. The Labute approximate surface area is 202 Å². The quantitative estimate of drug-likeness (QED) is 0.382. The van der Waals surface area contributed by atoms with E-state index in [1.807, 2.05) is 25.1 Å². The largest absolute Gasteiger partial charge is 0.473 e. The van der Waals surface area contributed by atoms with E-state index < -0.39 is 0 Å². The molecule has 1 aliphatic rings. The Balaban J connectivity index is 1.28. The maximum atomic E-state index is 13.0. The van der Waals surface area contributed by atoms with Gasteiger partial charge >= 0.3 is 0 Å². The Hall–Kier alpha value is -3.70. The summed E-state index contributed by atoms with van der Waals surface area (Å²) in [5.74, 6) is 0.244. The van der Waals surface area contributed by atoms with E-state index in [2.05, 4.69) is 25.8 Å². The highest BCUT2D eigenvalue weighted by Gasteiger charge is 2.25. The van der Waals surface area contributed by atoms with E-state index in [0.29, 0.717) is 24.0 Å². The van der Waals surface area contributed by atoms with Crippen molar-refractivity contribution in [1.82, 2.24) is 25.1 Å². The average molecular weight is 498 g/mol. The number of benzene rings is 1. The Bertz CT molecular complexity index is 1410. The second kappa shape index (κ2) is 8.92. The molecule has 0 radical (unpaired) electrons. The number of hydrogen-bond donors (Lipinski definition) is 3. The van der Waals surface area contributed by atoms with Crippen molar-refractivity contribution in [3.63, 3.8) is 0 Å². The van der Waals surface area contributed by atoms with Crippen LogP contribution in [0.1, 0.15) is 22.2 Å². The van der Waals surface area contributed by atoms with Gasteiger partial charge in [-0.1, -0.05) is 23.7 Å².